The molecule has 0 bridgehead atoms. The first-order chi connectivity index (χ1) is 13.6. The van der Waals surface area contributed by atoms with E-state index in [2.05, 4.69) is 0 Å². The van der Waals surface area contributed by atoms with E-state index in [1.807, 2.05) is 42.5 Å². The second-order valence-corrected chi connectivity index (χ2v) is 6.67. The number of hydrogen-bond acceptors (Lipinski definition) is 5. The van der Waals surface area contributed by atoms with Crippen molar-refractivity contribution in [3.8, 4) is 11.1 Å². The third-order valence-corrected chi connectivity index (χ3v) is 4.94. The van der Waals surface area contributed by atoms with Crippen LogP contribution in [-0.2, 0) is 19.1 Å². The normalized spacial score (nSPS) is 14.4. The maximum absolute atomic E-state index is 12.6. The molecule has 1 amide bonds. The average Bonchev–Trinajstić information content (AvgIpc) is 2.77. The Morgan fingerprint density at radius 1 is 0.964 bits per heavy atom. The van der Waals surface area contributed by atoms with Gasteiger partial charge in [0.15, 0.2) is 6.61 Å². The van der Waals surface area contributed by atoms with Crippen molar-refractivity contribution in [1.82, 2.24) is 4.90 Å². The summed E-state index contributed by atoms with van der Waals surface area (Å²) in [7, 11) is 1.37. The van der Waals surface area contributed by atoms with Gasteiger partial charge in [-0.3, -0.25) is 9.59 Å². The largest absolute Gasteiger partial charge is 0.469 e. The Hall–Kier alpha value is -3.15. The molecule has 2 aromatic rings. The molecule has 146 valence electrons. The first kappa shape index (κ1) is 19.6. The van der Waals surface area contributed by atoms with Crippen molar-refractivity contribution >= 4 is 17.8 Å². The van der Waals surface area contributed by atoms with Gasteiger partial charge in [-0.25, -0.2) is 4.79 Å². The highest BCUT2D eigenvalue weighted by Crippen LogP contribution is 2.24. The van der Waals surface area contributed by atoms with Crippen LogP contribution in [0.15, 0.2) is 54.6 Å². The van der Waals surface area contributed by atoms with Crippen molar-refractivity contribution in [2.24, 2.45) is 5.92 Å². The molecule has 0 aromatic heterocycles. The van der Waals surface area contributed by atoms with E-state index in [1.165, 1.54) is 7.11 Å². The van der Waals surface area contributed by atoms with Crippen LogP contribution in [-0.4, -0.2) is 49.6 Å². The van der Waals surface area contributed by atoms with Crippen molar-refractivity contribution in [2.75, 3.05) is 26.8 Å². The van der Waals surface area contributed by atoms with Crippen LogP contribution in [0.2, 0.25) is 0 Å². The second kappa shape index (κ2) is 9.17. The molecule has 1 aliphatic heterocycles. The molecule has 0 saturated carbocycles. The van der Waals surface area contributed by atoms with Crippen molar-refractivity contribution < 1.29 is 23.9 Å². The van der Waals surface area contributed by atoms with E-state index < -0.39 is 5.97 Å². The summed E-state index contributed by atoms with van der Waals surface area (Å²) in [4.78, 5) is 38.1. The number of esters is 2. The Labute approximate surface area is 164 Å². The molecule has 1 saturated heterocycles. The fraction of sp³-hybridized carbons (Fsp3) is 0.318. The highest BCUT2D eigenvalue weighted by molar-refractivity contribution is 5.98. The Balaban J connectivity index is 1.58. The molecular weight excluding hydrogens is 358 g/mol. The number of carbonyl (C=O) groups excluding carboxylic acids is 3. The smallest absolute Gasteiger partial charge is 0.339 e. The van der Waals surface area contributed by atoms with Crippen molar-refractivity contribution in [3.63, 3.8) is 0 Å². The van der Waals surface area contributed by atoms with Gasteiger partial charge >= 0.3 is 11.9 Å². The van der Waals surface area contributed by atoms with Crippen LogP contribution in [0.3, 0.4) is 0 Å². The molecule has 1 fully saturated rings. The molecule has 1 heterocycles. The summed E-state index contributed by atoms with van der Waals surface area (Å²) < 4.78 is 10.0. The molecule has 0 unspecified atom stereocenters. The van der Waals surface area contributed by atoms with E-state index in [1.54, 1.807) is 17.0 Å². The molecule has 2 aromatic carbocycles. The Morgan fingerprint density at radius 3 is 2.29 bits per heavy atom. The maximum Gasteiger partial charge on any atom is 0.339 e. The Morgan fingerprint density at radius 2 is 1.61 bits per heavy atom. The molecule has 0 aliphatic carbocycles. The predicted molar refractivity (Wildman–Crippen MR) is 103 cm³/mol. The molecular formula is C22H23NO5. The highest BCUT2D eigenvalue weighted by Gasteiger charge is 2.28. The van der Waals surface area contributed by atoms with Gasteiger partial charge in [0.25, 0.3) is 5.91 Å². The Kier molecular flexibility index (Phi) is 6.42. The van der Waals surface area contributed by atoms with Crippen LogP contribution >= 0.6 is 0 Å². The van der Waals surface area contributed by atoms with Crippen molar-refractivity contribution in [1.29, 1.82) is 0 Å². The summed E-state index contributed by atoms with van der Waals surface area (Å²) in [6, 6.07) is 16.7. The first-order valence-electron chi connectivity index (χ1n) is 9.27. The van der Waals surface area contributed by atoms with Crippen LogP contribution in [0.5, 0.6) is 0 Å². The molecule has 0 atom stereocenters. The van der Waals surface area contributed by atoms with Crippen LogP contribution in [0.1, 0.15) is 23.2 Å². The van der Waals surface area contributed by atoms with Gasteiger partial charge in [0.1, 0.15) is 0 Å². The van der Waals surface area contributed by atoms with Crippen LogP contribution < -0.4 is 0 Å². The van der Waals surface area contributed by atoms with E-state index in [9.17, 15) is 14.4 Å². The summed E-state index contributed by atoms with van der Waals surface area (Å²) in [6.45, 7) is 0.596. The topological polar surface area (TPSA) is 72.9 Å². The quantitative estimate of drug-likeness (QED) is 0.745. The Bertz CT molecular complexity index is 841. The lowest BCUT2D eigenvalue weighted by Crippen LogP contribution is -2.42. The number of rotatable bonds is 5. The number of benzene rings is 2. The molecule has 1 aliphatic rings. The van der Waals surface area contributed by atoms with Gasteiger partial charge in [0.2, 0.25) is 0 Å². The predicted octanol–water partition coefficient (Wildman–Crippen LogP) is 2.92. The summed E-state index contributed by atoms with van der Waals surface area (Å²) >= 11 is 0. The molecule has 0 spiro atoms. The molecule has 6 heteroatoms. The summed E-state index contributed by atoms with van der Waals surface area (Å²) in [5.41, 5.74) is 2.09. The fourth-order valence-electron chi connectivity index (χ4n) is 3.36. The van der Waals surface area contributed by atoms with Gasteiger partial charge in [-0.2, -0.15) is 0 Å². The monoisotopic (exact) mass is 381 g/mol. The van der Waals surface area contributed by atoms with Gasteiger partial charge in [0.05, 0.1) is 18.6 Å². The van der Waals surface area contributed by atoms with Gasteiger partial charge in [-0.15, -0.1) is 0 Å². The van der Waals surface area contributed by atoms with Crippen LogP contribution in [0.25, 0.3) is 11.1 Å². The van der Waals surface area contributed by atoms with E-state index in [0.29, 0.717) is 31.5 Å². The lowest BCUT2D eigenvalue weighted by molar-refractivity contribution is -0.149. The minimum Gasteiger partial charge on any atom is -0.469 e. The van der Waals surface area contributed by atoms with Gasteiger partial charge < -0.3 is 14.4 Å². The second-order valence-electron chi connectivity index (χ2n) is 6.67. The zero-order valence-corrected chi connectivity index (χ0v) is 15.8. The molecule has 6 nitrogen and oxygen atoms in total. The third-order valence-electron chi connectivity index (χ3n) is 4.94. The fourth-order valence-corrected chi connectivity index (χ4v) is 3.36. The molecule has 0 N–H and O–H groups in total. The number of hydrogen-bond donors (Lipinski definition) is 0. The SMILES string of the molecule is COC(=O)C1CCN(C(=O)COC(=O)c2ccccc2-c2ccccc2)CC1. The maximum atomic E-state index is 12.6. The first-order valence-corrected chi connectivity index (χ1v) is 9.27. The van der Waals surface area contributed by atoms with Crippen LogP contribution in [0, 0.1) is 5.92 Å². The number of methoxy groups -OCH3 is 1. The zero-order valence-electron chi connectivity index (χ0n) is 15.8. The standard InChI is InChI=1S/C22H23NO5/c1-27-21(25)17-11-13-23(14-12-17)20(24)15-28-22(26)19-10-6-5-9-18(19)16-7-3-2-4-8-16/h2-10,17H,11-15H2,1H3. The average molecular weight is 381 g/mol. The zero-order chi connectivity index (χ0) is 19.9. The number of likely N-dealkylation sites (tertiary alicyclic amines) is 1. The summed E-state index contributed by atoms with van der Waals surface area (Å²) in [5.74, 6) is -1.20. The number of amides is 1. The third kappa shape index (κ3) is 4.57. The minimum absolute atomic E-state index is 0.172. The van der Waals surface area contributed by atoms with E-state index in [0.717, 1.165) is 11.1 Å². The van der Waals surface area contributed by atoms with Gasteiger partial charge in [0, 0.05) is 13.1 Å². The van der Waals surface area contributed by atoms with Gasteiger partial charge in [-0.1, -0.05) is 48.5 Å². The number of ether oxygens (including phenoxy) is 2. The van der Waals surface area contributed by atoms with Crippen molar-refractivity contribution in [3.05, 3.63) is 60.2 Å². The van der Waals surface area contributed by atoms with E-state index in [-0.39, 0.29) is 24.4 Å². The van der Waals surface area contributed by atoms with Crippen LogP contribution in [0.4, 0.5) is 0 Å². The molecule has 3 rings (SSSR count). The minimum atomic E-state index is -0.530. The van der Waals surface area contributed by atoms with Gasteiger partial charge in [-0.05, 0) is 30.0 Å². The van der Waals surface area contributed by atoms with E-state index in [4.69, 9.17) is 9.47 Å². The number of nitrogens with zero attached hydrogens (tertiary/aromatic N) is 1. The lowest BCUT2D eigenvalue weighted by Gasteiger charge is -2.30. The highest BCUT2D eigenvalue weighted by atomic mass is 16.5. The van der Waals surface area contributed by atoms with E-state index >= 15 is 0 Å². The molecule has 0 radical (unpaired) electrons. The van der Waals surface area contributed by atoms with Crippen molar-refractivity contribution in [2.45, 2.75) is 12.8 Å². The number of piperidine rings is 1. The molecule has 28 heavy (non-hydrogen) atoms. The number of carbonyl (C=O) groups is 3. The lowest BCUT2D eigenvalue weighted by atomic mass is 9.97. The summed E-state index contributed by atoms with van der Waals surface area (Å²) in [5, 5.41) is 0. The summed E-state index contributed by atoms with van der Waals surface area (Å²) in [6.07, 6.45) is 1.12.